The van der Waals surface area contributed by atoms with Gasteiger partial charge in [-0.2, -0.15) is 13.2 Å². The number of unbranched alkanes of at least 4 members (excludes halogenated alkanes) is 3. The van der Waals surface area contributed by atoms with E-state index in [1.807, 2.05) is 0 Å². The van der Waals surface area contributed by atoms with Gasteiger partial charge >= 0.3 is 6.18 Å². The average molecular weight is 259 g/mol. The van der Waals surface area contributed by atoms with E-state index < -0.39 is 17.8 Å². The molecule has 2 N–H and O–H groups in total. The fourth-order valence-electron chi connectivity index (χ4n) is 2.03. The Morgan fingerprint density at radius 1 is 1.11 bits per heavy atom. The van der Waals surface area contributed by atoms with Crippen molar-refractivity contribution in [3.63, 3.8) is 0 Å². The van der Waals surface area contributed by atoms with Gasteiger partial charge in [-0.05, 0) is 18.1 Å². The molecule has 1 aromatic carbocycles. The van der Waals surface area contributed by atoms with Crippen LogP contribution in [0, 0.1) is 0 Å². The van der Waals surface area contributed by atoms with Gasteiger partial charge in [0.2, 0.25) is 0 Å². The van der Waals surface area contributed by atoms with Crippen LogP contribution in [0.15, 0.2) is 24.3 Å². The molecule has 0 aromatic heterocycles. The Bertz CT molecular complexity index is 360. The summed E-state index contributed by atoms with van der Waals surface area (Å²) >= 11 is 0. The van der Waals surface area contributed by atoms with E-state index in [1.165, 1.54) is 12.1 Å². The summed E-state index contributed by atoms with van der Waals surface area (Å²) in [6.45, 7) is 2.10. The molecule has 0 radical (unpaired) electrons. The third-order valence-corrected chi connectivity index (χ3v) is 3.03. The van der Waals surface area contributed by atoms with Crippen LogP contribution < -0.4 is 5.73 Å². The molecule has 0 saturated carbocycles. The largest absolute Gasteiger partial charge is 0.416 e. The van der Waals surface area contributed by atoms with Gasteiger partial charge in [-0.3, -0.25) is 0 Å². The third-order valence-electron chi connectivity index (χ3n) is 3.03. The molecule has 1 nitrogen and oxygen atoms in total. The lowest BCUT2D eigenvalue weighted by Crippen LogP contribution is -2.17. The molecule has 0 amide bonds. The summed E-state index contributed by atoms with van der Waals surface area (Å²) in [7, 11) is 0. The van der Waals surface area contributed by atoms with E-state index in [-0.39, 0.29) is 5.56 Å². The first-order valence-electron chi connectivity index (χ1n) is 6.38. The molecule has 0 saturated heterocycles. The quantitative estimate of drug-likeness (QED) is 0.738. The Morgan fingerprint density at radius 3 is 2.39 bits per heavy atom. The van der Waals surface area contributed by atoms with Crippen LogP contribution in [0.1, 0.15) is 56.2 Å². The highest BCUT2D eigenvalue weighted by Gasteiger charge is 2.34. The molecule has 0 aliphatic heterocycles. The molecule has 1 atom stereocenters. The number of benzene rings is 1. The van der Waals surface area contributed by atoms with Crippen molar-refractivity contribution in [2.45, 2.75) is 51.2 Å². The smallest absolute Gasteiger partial charge is 0.324 e. The average Bonchev–Trinajstić information content (AvgIpc) is 2.33. The predicted octanol–water partition coefficient (Wildman–Crippen LogP) is 4.68. The first kappa shape index (κ1) is 15.0. The van der Waals surface area contributed by atoms with Crippen molar-refractivity contribution in [2.75, 3.05) is 0 Å². The van der Waals surface area contributed by atoms with Crippen LogP contribution in [0.2, 0.25) is 0 Å². The predicted molar refractivity (Wildman–Crippen MR) is 67.1 cm³/mol. The lowest BCUT2D eigenvalue weighted by molar-refractivity contribution is -0.138. The second-order valence-electron chi connectivity index (χ2n) is 4.54. The normalized spacial score (nSPS) is 13.6. The van der Waals surface area contributed by atoms with E-state index in [9.17, 15) is 13.2 Å². The summed E-state index contributed by atoms with van der Waals surface area (Å²) < 4.78 is 38.4. The zero-order valence-electron chi connectivity index (χ0n) is 10.6. The highest BCUT2D eigenvalue weighted by molar-refractivity contribution is 5.32. The van der Waals surface area contributed by atoms with Gasteiger partial charge < -0.3 is 5.73 Å². The summed E-state index contributed by atoms with van der Waals surface area (Å²) in [4.78, 5) is 0. The minimum absolute atomic E-state index is 0.210. The molecular formula is C14H20F3N. The molecule has 102 valence electrons. The Kier molecular flexibility index (Phi) is 5.66. The maximum atomic E-state index is 12.8. The minimum atomic E-state index is -4.32. The molecule has 1 rings (SSSR count). The van der Waals surface area contributed by atoms with Gasteiger partial charge in [-0.25, -0.2) is 0 Å². The van der Waals surface area contributed by atoms with Gasteiger partial charge in [-0.1, -0.05) is 50.8 Å². The van der Waals surface area contributed by atoms with Crippen molar-refractivity contribution in [1.29, 1.82) is 0 Å². The van der Waals surface area contributed by atoms with Crippen LogP contribution in [0.3, 0.4) is 0 Å². The topological polar surface area (TPSA) is 26.0 Å². The molecule has 0 aliphatic carbocycles. The van der Waals surface area contributed by atoms with Crippen molar-refractivity contribution < 1.29 is 13.2 Å². The zero-order chi connectivity index (χ0) is 13.6. The number of alkyl halides is 3. The highest BCUT2D eigenvalue weighted by atomic mass is 19.4. The van der Waals surface area contributed by atoms with Crippen LogP contribution in [0.25, 0.3) is 0 Å². The first-order chi connectivity index (χ1) is 8.46. The maximum absolute atomic E-state index is 12.8. The molecule has 0 spiro atoms. The zero-order valence-corrected chi connectivity index (χ0v) is 10.6. The molecule has 1 unspecified atom stereocenters. The Balaban J connectivity index is 2.70. The Labute approximate surface area is 106 Å². The highest BCUT2D eigenvalue weighted by Crippen LogP contribution is 2.35. The number of nitrogens with two attached hydrogens (primary N) is 1. The van der Waals surface area contributed by atoms with Gasteiger partial charge in [0, 0.05) is 6.04 Å². The molecule has 18 heavy (non-hydrogen) atoms. The molecule has 0 heterocycles. The molecule has 0 fully saturated rings. The Morgan fingerprint density at radius 2 is 1.78 bits per heavy atom. The van der Waals surface area contributed by atoms with Gasteiger partial charge in [0.25, 0.3) is 0 Å². The standard InChI is InChI=1S/C14H20F3N/c1-2-3-4-5-10-13(18)11-8-6-7-9-12(11)14(15,16)17/h6-9,13H,2-5,10,18H2,1H3. The van der Waals surface area contributed by atoms with Crippen molar-refractivity contribution >= 4 is 0 Å². The first-order valence-corrected chi connectivity index (χ1v) is 6.38. The van der Waals surface area contributed by atoms with Crippen LogP contribution in [0.5, 0.6) is 0 Å². The summed E-state index contributed by atoms with van der Waals surface area (Å²) in [5.74, 6) is 0. The van der Waals surface area contributed by atoms with Crippen molar-refractivity contribution in [1.82, 2.24) is 0 Å². The van der Waals surface area contributed by atoms with Crippen molar-refractivity contribution in [2.24, 2.45) is 5.73 Å². The molecule has 4 heteroatoms. The summed E-state index contributed by atoms with van der Waals surface area (Å²) in [5.41, 5.74) is 5.48. The number of halogens is 3. The second-order valence-corrected chi connectivity index (χ2v) is 4.54. The van der Waals surface area contributed by atoms with Crippen molar-refractivity contribution in [3.05, 3.63) is 35.4 Å². The van der Waals surface area contributed by atoms with Crippen LogP contribution in [-0.2, 0) is 6.18 Å². The fraction of sp³-hybridized carbons (Fsp3) is 0.571. The van der Waals surface area contributed by atoms with Gasteiger partial charge in [0.1, 0.15) is 0 Å². The molecular weight excluding hydrogens is 239 g/mol. The van der Waals surface area contributed by atoms with Gasteiger partial charge in [0.15, 0.2) is 0 Å². The van der Waals surface area contributed by atoms with E-state index in [1.54, 1.807) is 6.07 Å². The Hall–Kier alpha value is -1.03. The minimum Gasteiger partial charge on any atom is -0.324 e. The summed E-state index contributed by atoms with van der Waals surface area (Å²) in [6, 6.07) is 5.06. The number of hydrogen-bond acceptors (Lipinski definition) is 1. The number of hydrogen-bond donors (Lipinski definition) is 1. The molecule has 1 aromatic rings. The van der Waals surface area contributed by atoms with E-state index in [0.717, 1.165) is 31.7 Å². The van der Waals surface area contributed by atoms with Gasteiger partial charge in [0.05, 0.1) is 5.56 Å². The SMILES string of the molecule is CCCCCCC(N)c1ccccc1C(F)(F)F. The van der Waals surface area contributed by atoms with E-state index in [4.69, 9.17) is 5.73 Å². The van der Waals surface area contributed by atoms with Crippen LogP contribution in [-0.4, -0.2) is 0 Å². The van der Waals surface area contributed by atoms with Gasteiger partial charge in [-0.15, -0.1) is 0 Å². The van der Waals surface area contributed by atoms with Crippen LogP contribution in [0.4, 0.5) is 13.2 Å². The third kappa shape index (κ3) is 4.33. The molecule has 0 aliphatic rings. The molecule has 0 bridgehead atoms. The van der Waals surface area contributed by atoms with E-state index in [2.05, 4.69) is 6.92 Å². The monoisotopic (exact) mass is 259 g/mol. The second kappa shape index (κ2) is 6.78. The maximum Gasteiger partial charge on any atom is 0.416 e. The van der Waals surface area contributed by atoms with E-state index >= 15 is 0 Å². The van der Waals surface area contributed by atoms with E-state index in [0.29, 0.717) is 6.42 Å². The fourth-order valence-corrected chi connectivity index (χ4v) is 2.03. The lowest BCUT2D eigenvalue weighted by atomic mass is 9.96. The summed E-state index contributed by atoms with van der Waals surface area (Å²) in [5, 5.41) is 0. The van der Waals surface area contributed by atoms with Crippen molar-refractivity contribution in [3.8, 4) is 0 Å². The summed E-state index contributed by atoms with van der Waals surface area (Å²) in [6.07, 6.45) is 0.395. The number of rotatable bonds is 6. The lowest BCUT2D eigenvalue weighted by Gasteiger charge is -2.18. The van der Waals surface area contributed by atoms with Crippen LogP contribution >= 0.6 is 0 Å².